The Labute approximate surface area is 403 Å². The SMILES string of the molecule is N#C[C@@H]1CC(F)(F)CN1C(=O)CNC(=O)c1ccnc2c(NC(=O)CCC(=O)NCCOCCOCCNC(=S)Nc3ccc4c(c3)C(=O)OC43c4ccc(N)cc4Oc4cc(O)ccc43)cccc12. The molecule has 3 aliphatic rings. The van der Waals surface area contributed by atoms with E-state index in [9.17, 15) is 43.1 Å². The van der Waals surface area contributed by atoms with Crippen LogP contribution in [0.1, 0.15) is 56.7 Å². The number of nitrogens with two attached hydrogens (primary N) is 1. The van der Waals surface area contributed by atoms with Gasteiger partial charge in [0.1, 0.15) is 23.3 Å². The first kappa shape index (κ1) is 48.5. The molecule has 1 fully saturated rings. The van der Waals surface area contributed by atoms with Gasteiger partial charge in [0, 0.05) is 84.1 Å². The van der Waals surface area contributed by atoms with E-state index in [0.29, 0.717) is 68.8 Å². The number of rotatable bonds is 17. The molecule has 1 saturated heterocycles. The maximum atomic E-state index is 13.8. The van der Waals surface area contributed by atoms with E-state index in [4.69, 9.17) is 36.9 Å². The molecule has 0 bridgehead atoms. The Morgan fingerprint density at radius 1 is 0.886 bits per heavy atom. The number of hydrogen-bond acceptors (Lipinski definition) is 14. The van der Waals surface area contributed by atoms with Crippen LogP contribution in [0.25, 0.3) is 10.9 Å². The molecule has 4 heterocycles. The molecule has 2 atom stereocenters. The zero-order chi connectivity index (χ0) is 49.6. The summed E-state index contributed by atoms with van der Waals surface area (Å²) in [6.45, 7) is 0.0886. The Kier molecular flexibility index (Phi) is 14.3. The van der Waals surface area contributed by atoms with Crippen molar-refractivity contribution < 1.29 is 56.8 Å². The molecule has 8 N–H and O–H groups in total. The number of pyridine rings is 1. The molecule has 3 aliphatic heterocycles. The second-order valence-corrected chi connectivity index (χ2v) is 16.8. The van der Waals surface area contributed by atoms with Gasteiger partial charge in [-0.15, -0.1) is 0 Å². The van der Waals surface area contributed by atoms with Crippen molar-refractivity contribution in [3.05, 3.63) is 113 Å². The van der Waals surface area contributed by atoms with Gasteiger partial charge in [-0.2, -0.15) is 5.26 Å². The largest absolute Gasteiger partial charge is 0.508 e. The van der Waals surface area contributed by atoms with Crippen LogP contribution in [0.4, 0.5) is 25.8 Å². The molecule has 5 aromatic rings. The Balaban J connectivity index is 0.703. The fourth-order valence-electron chi connectivity index (χ4n) is 8.36. The van der Waals surface area contributed by atoms with Gasteiger partial charge in [0.25, 0.3) is 11.8 Å². The highest BCUT2D eigenvalue weighted by Gasteiger charge is 2.54. The number of halogens is 2. The molecule has 1 unspecified atom stereocenters. The van der Waals surface area contributed by atoms with Gasteiger partial charge in [-0.25, -0.2) is 13.6 Å². The molecule has 22 heteroatoms. The number of para-hydroxylation sites is 1. The lowest BCUT2D eigenvalue weighted by atomic mass is 9.77. The van der Waals surface area contributed by atoms with Crippen LogP contribution >= 0.6 is 12.2 Å². The van der Waals surface area contributed by atoms with Crippen molar-refractivity contribution in [2.45, 2.75) is 36.8 Å². The fourth-order valence-corrected chi connectivity index (χ4v) is 8.58. The number of carbonyl (C=O) groups is 5. The molecule has 19 nitrogen and oxygen atoms in total. The highest BCUT2D eigenvalue weighted by molar-refractivity contribution is 7.80. The van der Waals surface area contributed by atoms with Crippen LogP contribution in [0.3, 0.4) is 0 Å². The molecule has 1 aromatic heterocycles. The molecule has 0 aliphatic carbocycles. The molecule has 4 amide bonds. The normalized spacial score (nSPS) is 17.0. The van der Waals surface area contributed by atoms with Crippen LogP contribution in [-0.2, 0) is 34.2 Å². The minimum Gasteiger partial charge on any atom is -0.508 e. The monoisotopic (exact) mass is 977 g/mol. The van der Waals surface area contributed by atoms with Crippen molar-refractivity contribution in [2.75, 3.05) is 69.0 Å². The Hall–Kier alpha value is -8.00. The van der Waals surface area contributed by atoms with Crippen molar-refractivity contribution in [1.29, 1.82) is 5.26 Å². The molecule has 8 rings (SSSR count). The number of likely N-dealkylation sites (tertiary alicyclic amines) is 1. The zero-order valence-electron chi connectivity index (χ0n) is 37.1. The van der Waals surface area contributed by atoms with Crippen LogP contribution in [0.15, 0.2) is 85.1 Å². The minimum atomic E-state index is -3.19. The molecular weight excluding hydrogens is 933 g/mol. The highest BCUT2D eigenvalue weighted by atomic mass is 32.1. The molecule has 0 saturated carbocycles. The second kappa shape index (κ2) is 20.7. The number of aromatic hydroxyl groups is 1. The minimum absolute atomic E-state index is 0.0114. The smallest absolute Gasteiger partial charge is 0.340 e. The number of fused-ring (bicyclic) bond motifs is 7. The third kappa shape index (κ3) is 10.5. The summed E-state index contributed by atoms with van der Waals surface area (Å²) >= 11 is 5.47. The average Bonchev–Trinajstić information content (AvgIpc) is 3.81. The Bertz CT molecular complexity index is 2900. The van der Waals surface area contributed by atoms with Crippen molar-refractivity contribution in [1.82, 2.24) is 25.8 Å². The Morgan fingerprint density at radius 3 is 2.37 bits per heavy atom. The van der Waals surface area contributed by atoms with Crippen LogP contribution in [0.5, 0.6) is 17.2 Å². The number of hydrogen-bond donors (Lipinski definition) is 7. The summed E-state index contributed by atoms with van der Waals surface area (Å²) in [6.07, 6.45) is 0.297. The summed E-state index contributed by atoms with van der Waals surface area (Å²) in [5, 5.41) is 33.9. The number of benzene rings is 4. The van der Waals surface area contributed by atoms with Crippen molar-refractivity contribution in [2.24, 2.45) is 0 Å². The predicted octanol–water partition coefficient (Wildman–Crippen LogP) is 4.43. The van der Waals surface area contributed by atoms with Gasteiger partial charge in [-0.05, 0) is 60.7 Å². The van der Waals surface area contributed by atoms with Gasteiger partial charge >= 0.3 is 5.97 Å². The van der Waals surface area contributed by atoms with Gasteiger partial charge < -0.3 is 61.3 Å². The fraction of sp³-hybridized carbons (Fsp3) is 0.292. The molecule has 1 spiro atoms. The maximum absolute atomic E-state index is 13.8. The third-order valence-electron chi connectivity index (χ3n) is 11.6. The van der Waals surface area contributed by atoms with E-state index in [-0.39, 0.29) is 67.6 Å². The standard InChI is InChI=1S/C48H45F2N9O10S/c49-47(50)23-29(24-51)59(26-47)42(63)25-56-44(64)32-12-13-54-43-31(32)2-1-3-37(43)58-41(62)11-10-40(61)53-14-16-66-18-19-67-17-15-55-46(70)57-28-5-8-34-33(21-28)45(65)69-48(34)35-7-4-27(52)20-38(35)68-39-22-30(60)6-9-36(39)48/h1-9,12-13,20-22,29,60H,10-11,14-19,23,25-26,52H2,(H,53,61)(H,56,64)(H,58,62)(H2,55,57,70)/t29-,48?/m0/s1. The summed E-state index contributed by atoms with van der Waals surface area (Å²) in [4.78, 5) is 69.3. The number of nitrogens with one attached hydrogen (secondary N) is 5. The van der Waals surface area contributed by atoms with E-state index >= 15 is 0 Å². The number of phenolic OH excluding ortho intramolecular Hbond substituents is 1. The average molecular weight is 978 g/mol. The summed E-state index contributed by atoms with van der Waals surface area (Å²) in [6, 6.07) is 21.5. The van der Waals surface area contributed by atoms with Crippen molar-refractivity contribution in [3.8, 4) is 23.3 Å². The molecule has 362 valence electrons. The number of nitrogens with zero attached hydrogens (tertiary/aromatic N) is 3. The van der Waals surface area contributed by atoms with Gasteiger partial charge in [0.2, 0.25) is 17.7 Å². The highest BCUT2D eigenvalue weighted by Crippen LogP contribution is 2.57. The lowest BCUT2D eigenvalue weighted by Crippen LogP contribution is -2.43. The van der Waals surface area contributed by atoms with Crippen LogP contribution < -0.4 is 37.1 Å². The number of alkyl halides is 2. The molecule has 70 heavy (non-hydrogen) atoms. The number of aromatic nitrogens is 1. The van der Waals surface area contributed by atoms with E-state index in [1.807, 2.05) is 0 Å². The van der Waals surface area contributed by atoms with E-state index in [0.717, 1.165) is 4.90 Å². The second-order valence-electron chi connectivity index (χ2n) is 16.3. The number of esters is 1. The topological polar surface area (TPSA) is 269 Å². The molecular formula is C48H45F2N9O10S. The number of nitrogen functional groups attached to an aromatic ring is 1. The van der Waals surface area contributed by atoms with Crippen molar-refractivity contribution in [3.63, 3.8) is 0 Å². The lowest BCUT2D eigenvalue weighted by molar-refractivity contribution is -0.131. The van der Waals surface area contributed by atoms with Crippen molar-refractivity contribution >= 4 is 74.9 Å². The molecule has 4 aromatic carbocycles. The van der Waals surface area contributed by atoms with E-state index < -0.39 is 60.8 Å². The third-order valence-corrected chi connectivity index (χ3v) is 11.8. The van der Waals surface area contributed by atoms with E-state index in [1.54, 1.807) is 66.7 Å². The summed E-state index contributed by atoms with van der Waals surface area (Å²) in [5.41, 5.74) is 8.45. The summed E-state index contributed by atoms with van der Waals surface area (Å²) < 4.78 is 51.0. The number of anilines is 3. The van der Waals surface area contributed by atoms with Crippen LogP contribution in [-0.4, -0.2) is 114 Å². The number of thiocarbonyl (C=S) groups is 1. The van der Waals surface area contributed by atoms with Crippen LogP contribution in [0, 0.1) is 11.3 Å². The summed E-state index contributed by atoms with van der Waals surface area (Å²) in [5.74, 6) is -5.38. The first-order chi connectivity index (χ1) is 33.6. The number of phenols is 1. The van der Waals surface area contributed by atoms with Gasteiger partial charge in [0.05, 0.1) is 67.9 Å². The number of ether oxygens (including phenoxy) is 4. The van der Waals surface area contributed by atoms with Gasteiger partial charge in [0.15, 0.2) is 10.7 Å². The van der Waals surface area contributed by atoms with Crippen LogP contribution in [0.2, 0.25) is 0 Å². The number of carbonyl (C=O) groups excluding carboxylic acids is 5. The van der Waals surface area contributed by atoms with E-state index in [1.165, 1.54) is 24.4 Å². The predicted molar refractivity (Wildman–Crippen MR) is 252 cm³/mol. The van der Waals surface area contributed by atoms with E-state index in [2.05, 4.69) is 31.6 Å². The maximum Gasteiger partial charge on any atom is 0.340 e. The first-order valence-electron chi connectivity index (χ1n) is 21.9. The number of nitriles is 1. The summed E-state index contributed by atoms with van der Waals surface area (Å²) in [7, 11) is 0. The number of amides is 4. The first-order valence-corrected chi connectivity index (χ1v) is 22.4. The lowest BCUT2D eigenvalue weighted by Gasteiger charge is -2.36. The Morgan fingerprint density at radius 2 is 1.60 bits per heavy atom. The quantitative estimate of drug-likeness (QED) is 0.0294. The van der Waals surface area contributed by atoms with Gasteiger partial charge in [-0.3, -0.25) is 24.2 Å². The zero-order valence-corrected chi connectivity index (χ0v) is 38.0. The molecule has 0 radical (unpaired) electrons. The van der Waals surface area contributed by atoms with Gasteiger partial charge in [-0.1, -0.05) is 18.2 Å².